The third kappa shape index (κ3) is 4.94. The van der Waals surface area contributed by atoms with Gasteiger partial charge in [-0.3, -0.25) is 14.4 Å². The molecule has 1 unspecified atom stereocenters. The molecule has 1 fully saturated rings. The van der Waals surface area contributed by atoms with Gasteiger partial charge in [0, 0.05) is 24.3 Å². The average Bonchev–Trinajstić information content (AvgIpc) is 2.69. The smallest absolute Gasteiger partial charge is 0.253 e. The second-order valence-corrected chi connectivity index (χ2v) is 6.93. The fourth-order valence-corrected chi connectivity index (χ4v) is 3.30. The van der Waals surface area contributed by atoms with Crippen LogP contribution in [0, 0.1) is 11.7 Å². The minimum absolute atomic E-state index is 0.150. The Labute approximate surface area is 162 Å². The molecule has 6 nitrogen and oxygen atoms in total. The maximum absolute atomic E-state index is 13.1. The van der Waals surface area contributed by atoms with E-state index < -0.39 is 11.7 Å². The van der Waals surface area contributed by atoms with E-state index in [-0.39, 0.29) is 24.2 Å². The highest BCUT2D eigenvalue weighted by Crippen LogP contribution is 2.21. The Bertz CT molecular complexity index is 865. The average molecular weight is 383 g/mol. The van der Waals surface area contributed by atoms with Crippen LogP contribution < -0.4 is 11.1 Å². The Hall–Kier alpha value is -3.22. The molecule has 0 aromatic heterocycles. The van der Waals surface area contributed by atoms with E-state index in [1.807, 2.05) is 0 Å². The molecule has 1 heterocycles. The zero-order chi connectivity index (χ0) is 20.1. The van der Waals surface area contributed by atoms with Crippen LogP contribution in [-0.2, 0) is 16.0 Å². The highest BCUT2D eigenvalue weighted by atomic mass is 19.1. The quantitative estimate of drug-likeness (QED) is 0.830. The van der Waals surface area contributed by atoms with Gasteiger partial charge in [-0.05, 0) is 54.8 Å². The van der Waals surface area contributed by atoms with Crippen LogP contribution in [0.4, 0.5) is 10.1 Å². The third-order valence-electron chi connectivity index (χ3n) is 4.77. The molecular formula is C21H22FN3O3. The fourth-order valence-electron chi connectivity index (χ4n) is 3.30. The number of primary amides is 1. The van der Waals surface area contributed by atoms with Crippen LogP contribution in [0.25, 0.3) is 0 Å². The van der Waals surface area contributed by atoms with E-state index in [2.05, 4.69) is 5.32 Å². The monoisotopic (exact) mass is 383 g/mol. The Balaban J connectivity index is 1.60. The summed E-state index contributed by atoms with van der Waals surface area (Å²) >= 11 is 0. The second-order valence-electron chi connectivity index (χ2n) is 6.93. The SMILES string of the molecule is NC(=O)Cc1ccc(NC(=O)C2CCCN(C(=O)c3ccc(F)cc3)C2)cc1. The molecule has 2 aromatic carbocycles. The summed E-state index contributed by atoms with van der Waals surface area (Å²) in [4.78, 5) is 37.8. The van der Waals surface area contributed by atoms with Gasteiger partial charge in [0.1, 0.15) is 5.82 Å². The Morgan fingerprint density at radius 1 is 1.07 bits per heavy atom. The lowest BCUT2D eigenvalue weighted by Gasteiger charge is -2.32. The van der Waals surface area contributed by atoms with Gasteiger partial charge in [-0.1, -0.05) is 12.1 Å². The fraction of sp³-hybridized carbons (Fsp3) is 0.286. The van der Waals surface area contributed by atoms with Crippen LogP contribution in [0.3, 0.4) is 0 Å². The van der Waals surface area contributed by atoms with E-state index in [9.17, 15) is 18.8 Å². The van der Waals surface area contributed by atoms with Crippen molar-refractivity contribution in [1.29, 1.82) is 0 Å². The van der Waals surface area contributed by atoms with E-state index in [0.717, 1.165) is 12.0 Å². The van der Waals surface area contributed by atoms with Crippen LogP contribution in [0.1, 0.15) is 28.8 Å². The van der Waals surface area contributed by atoms with Crippen LogP contribution in [0.5, 0.6) is 0 Å². The largest absolute Gasteiger partial charge is 0.369 e. The van der Waals surface area contributed by atoms with Crippen molar-refractivity contribution < 1.29 is 18.8 Å². The molecule has 28 heavy (non-hydrogen) atoms. The Morgan fingerprint density at radius 3 is 2.39 bits per heavy atom. The number of carbonyl (C=O) groups is 3. The lowest BCUT2D eigenvalue weighted by atomic mass is 9.96. The summed E-state index contributed by atoms with van der Waals surface area (Å²) in [6.07, 6.45) is 1.57. The van der Waals surface area contributed by atoms with Crippen LogP contribution >= 0.6 is 0 Å². The molecule has 146 valence electrons. The van der Waals surface area contributed by atoms with Gasteiger partial charge < -0.3 is 16.0 Å². The molecule has 2 aromatic rings. The van der Waals surface area contributed by atoms with Gasteiger partial charge in [-0.2, -0.15) is 0 Å². The topological polar surface area (TPSA) is 92.5 Å². The predicted octanol–water partition coefficient (Wildman–Crippen LogP) is 2.34. The molecule has 7 heteroatoms. The number of halogens is 1. The lowest BCUT2D eigenvalue weighted by Crippen LogP contribution is -2.43. The summed E-state index contributed by atoms with van der Waals surface area (Å²) in [7, 11) is 0. The van der Waals surface area contributed by atoms with Gasteiger partial charge in [0.15, 0.2) is 0 Å². The summed E-state index contributed by atoms with van der Waals surface area (Å²) in [5.41, 5.74) is 6.98. The molecule has 0 bridgehead atoms. The first-order valence-electron chi connectivity index (χ1n) is 9.15. The Kier molecular flexibility index (Phi) is 6.03. The van der Waals surface area contributed by atoms with Gasteiger partial charge in [0.25, 0.3) is 5.91 Å². The molecule has 0 spiro atoms. The maximum atomic E-state index is 13.1. The summed E-state index contributed by atoms with van der Waals surface area (Å²) in [6, 6.07) is 12.3. The van der Waals surface area contributed by atoms with Crippen molar-refractivity contribution in [3.63, 3.8) is 0 Å². The molecule has 1 aliphatic heterocycles. The zero-order valence-electron chi connectivity index (χ0n) is 15.4. The van der Waals surface area contributed by atoms with Crippen molar-refractivity contribution in [3.8, 4) is 0 Å². The number of nitrogens with zero attached hydrogens (tertiary/aromatic N) is 1. The Morgan fingerprint density at radius 2 is 1.75 bits per heavy atom. The number of benzene rings is 2. The van der Waals surface area contributed by atoms with Crippen LogP contribution in [-0.4, -0.2) is 35.7 Å². The standard InChI is InChI=1S/C21H22FN3O3/c22-17-7-5-15(6-8-17)21(28)25-11-1-2-16(13-25)20(27)24-18-9-3-14(4-10-18)12-19(23)26/h3-10,16H,1-2,11-13H2,(H2,23,26)(H,24,27). The zero-order valence-corrected chi connectivity index (χ0v) is 15.4. The van der Waals surface area contributed by atoms with Crippen molar-refractivity contribution in [2.24, 2.45) is 11.7 Å². The predicted molar refractivity (Wildman–Crippen MR) is 103 cm³/mol. The molecule has 0 saturated carbocycles. The molecule has 0 aliphatic carbocycles. The molecule has 3 N–H and O–H groups in total. The van der Waals surface area contributed by atoms with E-state index in [0.29, 0.717) is 30.8 Å². The molecule has 1 aliphatic rings. The first kappa shape index (κ1) is 19.5. The van der Waals surface area contributed by atoms with Crippen LogP contribution in [0.2, 0.25) is 0 Å². The number of carbonyl (C=O) groups excluding carboxylic acids is 3. The number of rotatable bonds is 5. The van der Waals surface area contributed by atoms with Crippen molar-refractivity contribution in [1.82, 2.24) is 4.90 Å². The summed E-state index contributed by atoms with van der Waals surface area (Å²) in [5, 5.41) is 2.86. The molecule has 0 radical (unpaired) electrons. The number of piperidine rings is 1. The summed E-state index contributed by atoms with van der Waals surface area (Å²) < 4.78 is 13.1. The van der Waals surface area contributed by atoms with Gasteiger partial charge in [0.05, 0.1) is 12.3 Å². The van der Waals surface area contributed by atoms with Gasteiger partial charge in [0.2, 0.25) is 11.8 Å². The number of likely N-dealkylation sites (tertiary alicyclic amines) is 1. The first-order chi connectivity index (χ1) is 13.4. The lowest BCUT2D eigenvalue weighted by molar-refractivity contribution is -0.121. The number of nitrogens with two attached hydrogens (primary N) is 1. The molecular weight excluding hydrogens is 361 g/mol. The van der Waals surface area contributed by atoms with Crippen molar-refractivity contribution in [2.45, 2.75) is 19.3 Å². The minimum Gasteiger partial charge on any atom is -0.369 e. The molecule has 3 amide bonds. The number of hydrogen-bond donors (Lipinski definition) is 2. The van der Waals surface area contributed by atoms with E-state index in [4.69, 9.17) is 5.73 Å². The number of nitrogens with one attached hydrogen (secondary N) is 1. The van der Waals surface area contributed by atoms with Crippen molar-refractivity contribution >= 4 is 23.4 Å². The highest BCUT2D eigenvalue weighted by Gasteiger charge is 2.29. The van der Waals surface area contributed by atoms with Crippen LogP contribution in [0.15, 0.2) is 48.5 Å². The third-order valence-corrected chi connectivity index (χ3v) is 4.77. The second kappa shape index (κ2) is 8.65. The van der Waals surface area contributed by atoms with Crippen molar-refractivity contribution in [3.05, 3.63) is 65.5 Å². The van der Waals surface area contributed by atoms with Gasteiger partial charge in [-0.25, -0.2) is 4.39 Å². The van der Waals surface area contributed by atoms with E-state index in [1.54, 1.807) is 29.2 Å². The summed E-state index contributed by atoms with van der Waals surface area (Å²) in [5.74, 6) is -1.48. The maximum Gasteiger partial charge on any atom is 0.253 e. The first-order valence-corrected chi connectivity index (χ1v) is 9.15. The highest BCUT2D eigenvalue weighted by molar-refractivity contribution is 5.96. The molecule has 1 atom stereocenters. The van der Waals surface area contributed by atoms with Crippen molar-refractivity contribution in [2.75, 3.05) is 18.4 Å². The molecule has 1 saturated heterocycles. The van der Waals surface area contributed by atoms with Gasteiger partial charge >= 0.3 is 0 Å². The number of hydrogen-bond acceptors (Lipinski definition) is 3. The minimum atomic E-state index is -0.412. The number of amides is 3. The van der Waals surface area contributed by atoms with E-state index in [1.165, 1.54) is 24.3 Å². The van der Waals surface area contributed by atoms with E-state index >= 15 is 0 Å². The summed E-state index contributed by atoms with van der Waals surface area (Å²) in [6.45, 7) is 0.892. The normalized spacial score (nSPS) is 16.5. The molecule has 3 rings (SSSR count). The van der Waals surface area contributed by atoms with Gasteiger partial charge in [-0.15, -0.1) is 0 Å². The number of anilines is 1.